The Hall–Kier alpha value is -1.75. The maximum atomic E-state index is 12.6. The number of ether oxygens (including phenoxy) is 1. The van der Waals surface area contributed by atoms with Gasteiger partial charge in [0.15, 0.2) is 0 Å². The molecule has 132 valence electrons. The summed E-state index contributed by atoms with van der Waals surface area (Å²) in [6.07, 6.45) is 3.76. The molecule has 24 heavy (non-hydrogen) atoms. The summed E-state index contributed by atoms with van der Waals surface area (Å²) >= 11 is 0. The number of carbonyl (C=O) groups is 1. The second-order valence-corrected chi connectivity index (χ2v) is 7.18. The molecule has 1 atom stereocenters. The van der Waals surface area contributed by atoms with Crippen LogP contribution >= 0.6 is 0 Å². The first kappa shape index (κ1) is 17.1. The molecule has 0 spiro atoms. The molecule has 0 aromatic heterocycles. The smallest absolute Gasteiger partial charge is 0.321 e. The lowest BCUT2D eigenvalue weighted by Crippen LogP contribution is -2.35. The summed E-state index contributed by atoms with van der Waals surface area (Å²) in [4.78, 5) is 17.1. The summed E-state index contributed by atoms with van der Waals surface area (Å²) in [6.45, 7) is 9.31. The zero-order valence-corrected chi connectivity index (χ0v) is 15.1. The third-order valence-electron chi connectivity index (χ3n) is 5.25. The van der Waals surface area contributed by atoms with Gasteiger partial charge in [0.2, 0.25) is 0 Å². The van der Waals surface area contributed by atoms with Gasteiger partial charge in [-0.15, -0.1) is 0 Å². The number of nitrogens with one attached hydrogen (secondary N) is 1. The lowest BCUT2D eigenvalue weighted by Gasteiger charge is -2.21. The van der Waals surface area contributed by atoms with Crippen LogP contribution in [0.3, 0.4) is 0 Å². The Kier molecular flexibility index (Phi) is 5.29. The SMILES string of the molecule is COc1cc(C)cc(NC(=O)N2CC[C@@H](CN3CCCC3)C2)c1C. The van der Waals surface area contributed by atoms with E-state index < -0.39 is 0 Å². The lowest BCUT2D eigenvalue weighted by atomic mass is 10.1. The number of amides is 2. The number of likely N-dealkylation sites (tertiary alicyclic amines) is 2. The van der Waals surface area contributed by atoms with Gasteiger partial charge in [0, 0.05) is 30.9 Å². The summed E-state index contributed by atoms with van der Waals surface area (Å²) in [6, 6.07) is 4.01. The van der Waals surface area contributed by atoms with Crippen LogP contribution in [-0.2, 0) is 0 Å². The average Bonchev–Trinajstić information content (AvgIpc) is 3.23. The molecular weight excluding hydrogens is 302 g/mol. The summed E-state index contributed by atoms with van der Waals surface area (Å²) in [5.74, 6) is 1.43. The van der Waals surface area contributed by atoms with Crippen molar-refractivity contribution in [3.05, 3.63) is 23.3 Å². The van der Waals surface area contributed by atoms with Crippen molar-refractivity contribution in [3.63, 3.8) is 0 Å². The summed E-state index contributed by atoms with van der Waals surface area (Å²) in [5, 5.41) is 3.08. The first-order valence-electron chi connectivity index (χ1n) is 9.00. The number of urea groups is 1. The molecule has 2 amide bonds. The number of benzene rings is 1. The van der Waals surface area contributed by atoms with E-state index in [0.717, 1.165) is 48.6 Å². The van der Waals surface area contributed by atoms with Gasteiger partial charge in [-0.2, -0.15) is 0 Å². The molecule has 5 heteroatoms. The summed E-state index contributed by atoms with van der Waals surface area (Å²) < 4.78 is 5.39. The fourth-order valence-electron chi connectivity index (χ4n) is 3.86. The summed E-state index contributed by atoms with van der Waals surface area (Å²) in [7, 11) is 1.66. The number of hydrogen-bond acceptors (Lipinski definition) is 3. The van der Waals surface area contributed by atoms with E-state index in [1.807, 2.05) is 30.9 Å². The maximum absolute atomic E-state index is 12.6. The van der Waals surface area contributed by atoms with Crippen molar-refractivity contribution in [1.29, 1.82) is 0 Å². The van der Waals surface area contributed by atoms with E-state index in [2.05, 4.69) is 10.2 Å². The van der Waals surface area contributed by atoms with Gasteiger partial charge in [-0.25, -0.2) is 4.79 Å². The van der Waals surface area contributed by atoms with E-state index in [1.54, 1.807) is 7.11 Å². The molecule has 3 rings (SSSR count). The van der Waals surface area contributed by atoms with Crippen LogP contribution in [0.2, 0.25) is 0 Å². The molecular formula is C19H29N3O2. The molecule has 0 aliphatic carbocycles. The second kappa shape index (κ2) is 7.43. The van der Waals surface area contributed by atoms with Gasteiger partial charge in [0.1, 0.15) is 5.75 Å². The largest absolute Gasteiger partial charge is 0.496 e. The Morgan fingerprint density at radius 3 is 2.71 bits per heavy atom. The lowest BCUT2D eigenvalue weighted by molar-refractivity contribution is 0.217. The highest BCUT2D eigenvalue weighted by atomic mass is 16.5. The molecule has 0 unspecified atom stereocenters. The molecule has 0 saturated carbocycles. The van der Waals surface area contributed by atoms with Crippen LogP contribution in [0.1, 0.15) is 30.4 Å². The molecule has 2 saturated heterocycles. The minimum Gasteiger partial charge on any atom is -0.496 e. The number of hydrogen-bond donors (Lipinski definition) is 1. The highest BCUT2D eigenvalue weighted by Crippen LogP contribution is 2.28. The predicted molar refractivity (Wildman–Crippen MR) is 96.8 cm³/mol. The van der Waals surface area contributed by atoms with Crippen molar-refractivity contribution in [2.24, 2.45) is 5.92 Å². The fourth-order valence-corrected chi connectivity index (χ4v) is 3.86. The van der Waals surface area contributed by atoms with Gasteiger partial charge in [-0.05, 0) is 69.8 Å². The second-order valence-electron chi connectivity index (χ2n) is 7.18. The van der Waals surface area contributed by atoms with E-state index in [0.29, 0.717) is 5.92 Å². The van der Waals surface area contributed by atoms with Crippen LogP contribution in [-0.4, -0.2) is 55.7 Å². The van der Waals surface area contributed by atoms with Gasteiger partial charge in [0.05, 0.1) is 7.11 Å². The van der Waals surface area contributed by atoms with E-state index in [-0.39, 0.29) is 6.03 Å². The van der Waals surface area contributed by atoms with Crippen molar-refractivity contribution in [3.8, 4) is 5.75 Å². The van der Waals surface area contributed by atoms with Gasteiger partial charge in [0.25, 0.3) is 0 Å². The number of methoxy groups -OCH3 is 1. The van der Waals surface area contributed by atoms with E-state index in [9.17, 15) is 4.79 Å². The van der Waals surface area contributed by atoms with Crippen LogP contribution in [0, 0.1) is 19.8 Å². The Labute approximate surface area is 145 Å². The molecule has 1 N–H and O–H groups in total. The van der Waals surface area contributed by atoms with Gasteiger partial charge < -0.3 is 19.9 Å². The number of nitrogens with zero attached hydrogens (tertiary/aromatic N) is 2. The topological polar surface area (TPSA) is 44.8 Å². The Balaban J connectivity index is 1.58. The zero-order valence-electron chi connectivity index (χ0n) is 15.1. The molecule has 0 radical (unpaired) electrons. The van der Waals surface area contributed by atoms with Crippen LogP contribution in [0.4, 0.5) is 10.5 Å². The quantitative estimate of drug-likeness (QED) is 0.921. The molecule has 2 heterocycles. The monoisotopic (exact) mass is 331 g/mol. The molecule has 1 aromatic carbocycles. The Morgan fingerprint density at radius 2 is 2.00 bits per heavy atom. The van der Waals surface area contributed by atoms with Crippen molar-refractivity contribution >= 4 is 11.7 Å². The number of carbonyl (C=O) groups excluding carboxylic acids is 1. The van der Waals surface area contributed by atoms with Crippen molar-refractivity contribution in [1.82, 2.24) is 9.80 Å². The Bertz CT molecular complexity index is 597. The fraction of sp³-hybridized carbons (Fsp3) is 0.632. The van der Waals surface area contributed by atoms with Crippen molar-refractivity contribution in [2.75, 3.05) is 45.2 Å². The van der Waals surface area contributed by atoms with E-state index in [4.69, 9.17) is 4.74 Å². The maximum Gasteiger partial charge on any atom is 0.321 e. The first-order valence-corrected chi connectivity index (χ1v) is 9.00. The number of aryl methyl sites for hydroxylation is 1. The molecule has 0 bridgehead atoms. The number of anilines is 1. The van der Waals surface area contributed by atoms with Crippen LogP contribution in [0.5, 0.6) is 5.75 Å². The third kappa shape index (κ3) is 3.83. The Morgan fingerprint density at radius 1 is 1.25 bits per heavy atom. The minimum absolute atomic E-state index is 0.00896. The zero-order chi connectivity index (χ0) is 17.1. The molecule has 5 nitrogen and oxygen atoms in total. The van der Waals surface area contributed by atoms with E-state index in [1.165, 1.54) is 25.9 Å². The molecule has 2 aliphatic heterocycles. The third-order valence-corrected chi connectivity index (χ3v) is 5.25. The standard InChI is InChI=1S/C19H29N3O2/c1-14-10-17(15(2)18(11-14)24-3)20-19(23)22-9-6-16(13-22)12-21-7-4-5-8-21/h10-11,16H,4-9,12-13H2,1-3H3,(H,20,23)/t16-/m0/s1. The van der Waals surface area contributed by atoms with Gasteiger partial charge in [-0.3, -0.25) is 0 Å². The van der Waals surface area contributed by atoms with Crippen LogP contribution < -0.4 is 10.1 Å². The van der Waals surface area contributed by atoms with Crippen molar-refractivity contribution in [2.45, 2.75) is 33.1 Å². The molecule has 2 fully saturated rings. The van der Waals surface area contributed by atoms with Gasteiger partial charge in [-0.1, -0.05) is 0 Å². The van der Waals surface area contributed by atoms with Crippen molar-refractivity contribution < 1.29 is 9.53 Å². The van der Waals surface area contributed by atoms with Crippen LogP contribution in [0.15, 0.2) is 12.1 Å². The van der Waals surface area contributed by atoms with Gasteiger partial charge >= 0.3 is 6.03 Å². The summed E-state index contributed by atoms with van der Waals surface area (Å²) in [5.41, 5.74) is 2.91. The predicted octanol–water partition coefficient (Wildman–Crippen LogP) is 3.26. The first-order chi connectivity index (χ1) is 11.6. The average molecular weight is 331 g/mol. The normalized spacial score (nSPS) is 21.3. The minimum atomic E-state index is 0.00896. The highest BCUT2D eigenvalue weighted by Gasteiger charge is 2.28. The van der Waals surface area contributed by atoms with E-state index >= 15 is 0 Å². The molecule has 2 aliphatic rings. The molecule has 1 aromatic rings. The van der Waals surface area contributed by atoms with Crippen LogP contribution in [0.25, 0.3) is 0 Å². The number of rotatable bonds is 4. The highest BCUT2D eigenvalue weighted by molar-refractivity contribution is 5.91.